The van der Waals surface area contributed by atoms with E-state index in [1.165, 1.54) is 0 Å². The van der Waals surface area contributed by atoms with Gasteiger partial charge in [-0.15, -0.1) is 0 Å². The molecule has 0 rings (SSSR count). The standard InChI is InChI=1S/C6H14N2O.C2H6.H2/c1-4-8(5-2)6(9)7-3;1-2;/h4-5H2,1-3H3,(H,7,9);1-2H3;1H. The number of carbonyl (C=O) groups excluding carboxylic acids is 1. The van der Waals surface area contributed by atoms with Gasteiger partial charge < -0.3 is 10.2 Å². The monoisotopic (exact) mass is 162 g/mol. The maximum absolute atomic E-state index is 10.8. The predicted octanol–water partition coefficient (Wildman–Crippen LogP) is 1.94. The Labute approximate surface area is 71.3 Å². The summed E-state index contributed by atoms with van der Waals surface area (Å²) >= 11 is 0. The van der Waals surface area contributed by atoms with Gasteiger partial charge in [-0.3, -0.25) is 0 Å². The van der Waals surface area contributed by atoms with Crippen LogP contribution >= 0.6 is 0 Å². The van der Waals surface area contributed by atoms with Gasteiger partial charge in [-0.1, -0.05) is 13.8 Å². The number of hydrogen-bond acceptors (Lipinski definition) is 1. The van der Waals surface area contributed by atoms with Crippen molar-refractivity contribution < 1.29 is 6.22 Å². The fourth-order valence-electron chi connectivity index (χ4n) is 0.669. The molecule has 11 heavy (non-hydrogen) atoms. The van der Waals surface area contributed by atoms with Gasteiger partial charge in [0.25, 0.3) is 0 Å². The lowest BCUT2D eigenvalue weighted by Crippen LogP contribution is -2.37. The molecule has 0 radical (unpaired) electrons. The summed E-state index contributed by atoms with van der Waals surface area (Å²) in [5.74, 6) is 0. The molecule has 0 aliphatic heterocycles. The van der Waals surface area contributed by atoms with Crippen molar-refractivity contribution in [2.75, 3.05) is 20.1 Å². The number of hydrogen-bond donors (Lipinski definition) is 1. The van der Waals surface area contributed by atoms with Gasteiger partial charge in [0.05, 0.1) is 0 Å². The van der Waals surface area contributed by atoms with E-state index in [4.69, 9.17) is 0 Å². The summed E-state index contributed by atoms with van der Waals surface area (Å²) in [6, 6.07) is 0.000000000000000222. The fraction of sp³-hybridized carbons (Fsp3) is 0.875. The first-order valence-electron chi connectivity index (χ1n) is 4.22. The van der Waals surface area contributed by atoms with E-state index in [0.717, 1.165) is 13.1 Å². The lowest BCUT2D eigenvalue weighted by atomic mass is 10.5. The minimum Gasteiger partial charge on any atom is -0.341 e. The molecule has 0 aromatic rings. The predicted molar refractivity (Wildman–Crippen MR) is 50.8 cm³/mol. The highest BCUT2D eigenvalue weighted by molar-refractivity contribution is 5.73. The average molecular weight is 162 g/mol. The second-order valence-electron chi connectivity index (χ2n) is 1.73. The van der Waals surface area contributed by atoms with Crippen molar-refractivity contribution in [1.82, 2.24) is 10.2 Å². The highest BCUT2D eigenvalue weighted by atomic mass is 16.2. The topological polar surface area (TPSA) is 32.3 Å². The van der Waals surface area contributed by atoms with Crippen LogP contribution in [-0.2, 0) is 0 Å². The Bertz CT molecular complexity index is 95.1. The Hall–Kier alpha value is -0.730. The smallest absolute Gasteiger partial charge is 0.317 e. The Balaban J connectivity index is -0.000000249. The SMILES string of the molecule is CC.CCN(CC)C(=O)NC.[HH]. The number of carbonyl (C=O) groups is 1. The maximum Gasteiger partial charge on any atom is 0.317 e. The molecule has 3 nitrogen and oxygen atoms in total. The van der Waals surface area contributed by atoms with Crippen molar-refractivity contribution in [2.24, 2.45) is 0 Å². The van der Waals surface area contributed by atoms with Crippen molar-refractivity contribution in [3.8, 4) is 0 Å². The molecule has 1 N–H and O–H groups in total. The molecule has 0 aliphatic rings. The molecule has 3 heteroatoms. The van der Waals surface area contributed by atoms with E-state index >= 15 is 0 Å². The van der Waals surface area contributed by atoms with Crippen LogP contribution < -0.4 is 5.32 Å². The molecule has 0 aromatic heterocycles. The first-order valence-corrected chi connectivity index (χ1v) is 4.22. The van der Waals surface area contributed by atoms with Gasteiger partial charge in [0.15, 0.2) is 0 Å². The van der Waals surface area contributed by atoms with Gasteiger partial charge in [-0.25, -0.2) is 4.79 Å². The molecule has 2 amide bonds. The molecular formula is C8H22N2O. The van der Waals surface area contributed by atoms with Gasteiger partial charge in [-0.2, -0.15) is 0 Å². The van der Waals surface area contributed by atoms with Crippen LogP contribution in [0, 0.1) is 0 Å². The van der Waals surface area contributed by atoms with Crippen LogP contribution in [0.1, 0.15) is 29.1 Å². The zero-order valence-corrected chi connectivity index (χ0v) is 8.27. The molecule has 0 saturated heterocycles. The minimum atomic E-state index is 0. The van der Waals surface area contributed by atoms with Gasteiger partial charge in [-0.05, 0) is 13.8 Å². The normalized spacial score (nSPS) is 7.73. The number of rotatable bonds is 2. The fourth-order valence-corrected chi connectivity index (χ4v) is 0.669. The zero-order chi connectivity index (χ0) is 9.28. The summed E-state index contributed by atoms with van der Waals surface area (Å²) < 4.78 is 0. The molecule has 0 bridgehead atoms. The molecule has 70 valence electrons. The van der Waals surface area contributed by atoms with Crippen LogP contribution in [0.25, 0.3) is 0 Å². The molecule has 0 aromatic carbocycles. The molecule has 0 atom stereocenters. The van der Waals surface area contributed by atoms with Gasteiger partial charge in [0.1, 0.15) is 0 Å². The Morgan fingerprint density at radius 3 is 1.82 bits per heavy atom. The largest absolute Gasteiger partial charge is 0.341 e. The quantitative estimate of drug-likeness (QED) is 0.661. The molecular weight excluding hydrogens is 140 g/mol. The second kappa shape index (κ2) is 9.27. The number of amides is 2. The van der Waals surface area contributed by atoms with Crippen molar-refractivity contribution in [1.29, 1.82) is 0 Å². The summed E-state index contributed by atoms with van der Waals surface area (Å²) in [6.45, 7) is 9.46. The Morgan fingerprint density at radius 1 is 1.36 bits per heavy atom. The molecule has 0 saturated carbocycles. The van der Waals surface area contributed by atoms with Crippen LogP contribution in [0.2, 0.25) is 0 Å². The number of nitrogens with zero attached hydrogens (tertiary/aromatic N) is 1. The van der Waals surface area contributed by atoms with E-state index in [2.05, 4.69) is 5.32 Å². The first kappa shape index (κ1) is 12.9. The van der Waals surface area contributed by atoms with E-state index < -0.39 is 0 Å². The van der Waals surface area contributed by atoms with Crippen molar-refractivity contribution in [3.05, 3.63) is 0 Å². The maximum atomic E-state index is 10.8. The van der Waals surface area contributed by atoms with Crippen LogP contribution in [-0.4, -0.2) is 31.1 Å². The van der Waals surface area contributed by atoms with Crippen LogP contribution in [0.15, 0.2) is 0 Å². The van der Waals surface area contributed by atoms with Crippen molar-refractivity contribution in [3.63, 3.8) is 0 Å². The van der Waals surface area contributed by atoms with Crippen LogP contribution in [0.3, 0.4) is 0 Å². The van der Waals surface area contributed by atoms with E-state index in [9.17, 15) is 4.79 Å². The summed E-state index contributed by atoms with van der Waals surface area (Å²) in [5.41, 5.74) is 0. The summed E-state index contributed by atoms with van der Waals surface area (Å²) in [6.07, 6.45) is 0. The average Bonchev–Trinajstić information content (AvgIpc) is 2.10. The highest BCUT2D eigenvalue weighted by Gasteiger charge is 2.03. The number of urea groups is 1. The third-order valence-electron chi connectivity index (χ3n) is 1.26. The van der Waals surface area contributed by atoms with Gasteiger partial charge in [0, 0.05) is 21.6 Å². The minimum absolute atomic E-state index is 0. The summed E-state index contributed by atoms with van der Waals surface area (Å²) in [5, 5.41) is 2.55. The van der Waals surface area contributed by atoms with E-state index in [1.807, 2.05) is 27.7 Å². The molecule has 0 spiro atoms. The number of nitrogens with one attached hydrogen (secondary N) is 1. The van der Waals surface area contributed by atoms with Crippen molar-refractivity contribution >= 4 is 6.03 Å². The second-order valence-corrected chi connectivity index (χ2v) is 1.73. The molecule has 0 unspecified atom stereocenters. The van der Waals surface area contributed by atoms with Gasteiger partial charge in [0.2, 0.25) is 0 Å². The van der Waals surface area contributed by atoms with Crippen molar-refractivity contribution in [2.45, 2.75) is 27.7 Å². The Morgan fingerprint density at radius 2 is 1.73 bits per heavy atom. The highest BCUT2D eigenvalue weighted by Crippen LogP contribution is 1.85. The van der Waals surface area contributed by atoms with Gasteiger partial charge >= 0.3 is 6.03 Å². The lowest BCUT2D eigenvalue weighted by molar-refractivity contribution is 0.205. The molecule has 0 heterocycles. The van der Waals surface area contributed by atoms with Crippen LogP contribution in [0.4, 0.5) is 4.79 Å². The summed E-state index contributed by atoms with van der Waals surface area (Å²) in [4.78, 5) is 12.5. The van der Waals surface area contributed by atoms with E-state index in [-0.39, 0.29) is 7.46 Å². The lowest BCUT2D eigenvalue weighted by Gasteiger charge is -2.16. The van der Waals surface area contributed by atoms with E-state index in [0.29, 0.717) is 0 Å². The third-order valence-corrected chi connectivity index (χ3v) is 1.26. The third kappa shape index (κ3) is 5.70. The van der Waals surface area contributed by atoms with Crippen LogP contribution in [0.5, 0.6) is 0 Å². The first-order chi connectivity index (χ1) is 5.26. The van der Waals surface area contributed by atoms with E-state index in [1.54, 1.807) is 11.9 Å². The summed E-state index contributed by atoms with van der Waals surface area (Å²) in [7, 11) is 1.64. The Kier molecular flexibility index (Phi) is 10.9. The zero-order valence-electron chi connectivity index (χ0n) is 8.27. The molecule has 0 aliphatic carbocycles. The molecule has 0 fully saturated rings.